The molecule has 0 fully saturated rings. The van der Waals surface area contributed by atoms with E-state index >= 15 is 0 Å². The zero-order valence-corrected chi connectivity index (χ0v) is 15.0. The summed E-state index contributed by atoms with van der Waals surface area (Å²) in [5.41, 5.74) is 3.69. The van der Waals surface area contributed by atoms with Crippen molar-refractivity contribution in [3.63, 3.8) is 0 Å². The number of hydrogen-bond donors (Lipinski definition) is 2. The lowest BCUT2D eigenvalue weighted by molar-refractivity contribution is 0.0526. The Kier molecular flexibility index (Phi) is 4.58. The van der Waals surface area contributed by atoms with Crippen LogP contribution in [0.4, 0.5) is 16.2 Å². The van der Waals surface area contributed by atoms with Crippen LogP contribution in [0, 0.1) is 0 Å². The third-order valence-corrected chi connectivity index (χ3v) is 4.54. The zero-order valence-electron chi connectivity index (χ0n) is 15.0. The van der Waals surface area contributed by atoms with Crippen LogP contribution in [-0.4, -0.2) is 31.8 Å². The van der Waals surface area contributed by atoms with Gasteiger partial charge < -0.3 is 24.8 Å². The summed E-state index contributed by atoms with van der Waals surface area (Å²) in [5.74, 6) is 1.15. The third kappa shape index (κ3) is 3.40. The molecule has 0 bridgehead atoms. The maximum atomic E-state index is 12.5. The molecule has 0 unspecified atom stereocenters. The second-order valence-corrected chi connectivity index (χ2v) is 6.29. The molecule has 27 heavy (non-hydrogen) atoms. The molecule has 2 N–H and O–H groups in total. The van der Waals surface area contributed by atoms with E-state index in [-0.39, 0.29) is 12.0 Å². The van der Waals surface area contributed by atoms with Crippen LogP contribution in [0.25, 0.3) is 0 Å². The van der Waals surface area contributed by atoms with Crippen LogP contribution in [0.15, 0.2) is 30.3 Å². The second kappa shape index (κ2) is 7.19. The molecule has 7 nitrogen and oxygen atoms in total. The van der Waals surface area contributed by atoms with E-state index in [0.717, 1.165) is 35.5 Å². The standard InChI is InChI=1S/C20H20N2O5/c1-2-25-19(23)12-3-5-14(6-4-12)21-20(24)22-17-15-8-10-26-16(15)11-13-7-9-27-18(13)17/h3-6,11H,2,7-10H2,1H3,(H2,21,22,24). The second-order valence-electron chi connectivity index (χ2n) is 6.29. The van der Waals surface area contributed by atoms with Crippen LogP contribution in [0.3, 0.4) is 0 Å². The van der Waals surface area contributed by atoms with Gasteiger partial charge in [-0.05, 0) is 37.3 Å². The molecule has 2 aliphatic heterocycles. The molecule has 2 heterocycles. The smallest absolute Gasteiger partial charge is 0.338 e. The maximum absolute atomic E-state index is 12.5. The molecule has 0 spiro atoms. The lowest BCUT2D eigenvalue weighted by Crippen LogP contribution is -2.20. The van der Waals surface area contributed by atoms with Gasteiger partial charge in [-0.25, -0.2) is 9.59 Å². The SMILES string of the molecule is CCOC(=O)c1ccc(NC(=O)Nc2c3c(cc4c2OCC4)OCC3)cc1. The van der Waals surface area contributed by atoms with Gasteiger partial charge in [-0.3, -0.25) is 0 Å². The minimum absolute atomic E-state index is 0.318. The first kappa shape index (κ1) is 17.2. The van der Waals surface area contributed by atoms with Crippen LogP contribution in [0.2, 0.25) is 0 Å². The van der Waals surface area contributed by atoms with E-state index in [1.807, 2.05) is 6.07 Å². The molecule has 0 aromatic heterocycles. The van der Waals surface area contributed by atoms with Crippen molar-refractivity contribution < 1.29 is 23.8 Å². The summed E-state index contributed by atoms with van der Waals surface area (Å²) in [6.45, 7) is 3.27. The van der Waals surface area contributed by atoms with E-state index < -0.39 is 0 Å². The lowest BCUT2D eigenvalue weighted by atomic mass is 10.0. The van der Waals surface area contributed by atoms with Crippen molar-refractivity contribution in [1.29, 1.82) is 0 Å². The summed E-state index contributed by atoms with van der Waals surface area (Å²) >= 11 is 0. The molecule has 0 atom stereocenters. The van der Waals surface area contributed by atoms with Crippen molar-refractivity contribution in [1.82, 2.24) is 0 Å². The molecule has 0 saturated carbocycles. The van der Waals surface area contributed by atoms with Gasteiger partial charge in [0.15, 0.2) is 0 Å². The number of nitrogens with one attached hydrogen (secondary N) is 2. The molecule has 0 radical (unpaired) electrons. The van der Waals surface area contributed by atoms with Gasteiger partial charge in [-0.1, -0.05) is 0 Å². The predicted octanol–water partition coefficient (Wildman–Crippen LogP) is 3.38. The number of carbonyl (C=O) groups is 2. The van der Waals surface area contributed by atoms with E-state index in [1.54, 1.807) is 31.2 Å². The number of urea groups is 1. The van der Waals surface area contributed by atoms with E-state index in [1.165, 1.54) is 0 Å². The Bertz CT molecular complexity index is 860. The minimum atomic E-state index is -0.388. The van der Waals surface area contributed by atoms with Gasteiger partial charge in [0, 0.05) is 29.7 Å². The lowest BCUT2D eigenvalue weighted by Gasteiger charge is -2.14. The summed E-state index contributed by atoms with van der Waals surface area (Å²) in [4.78, 5) is 24.2. The van der Waals surface area contributed by atoms with Crippen molar-refractivity contribution in [2.45, 2.75) is 19.8 Å². The molecule has 7 heteroatoms. The van der Waals surface area contributed by atoms with Crippen molar-refractivity contribution in [3.8, 4) is 11.5 Å². The first-order valence-corrected chi connectivity index (χ1v) is 8.95. The summed E-state index contributed by atoms with van der Waals surface area (Å²) in [7, 11) is 0. The third-order valence-electron chi connectivity index (χ3n) is 4.54. The molecular weight excluding hydrogens is 348 g/mol. The fourth-order valence-electron chi connectivity index (χ4n) is 3.30. The Hall–Kier alpha value is -3.22. The van der Waals surface area contributed by atoms with E-state index in [0.29, 0.717) is 36.8 Å². The van der Waals surface area contributed by atoms with Gasteiger partial charge in [-0.2, -0.15) is 0 Å². The van der Waals surface area contributed by atoms with Gasteiger partial charge in [0.05, 0.1) is 31.1 Å². The summed E-state index contributed by atoms with van der Waals surface area (Å²) in [5, 5.41) is 5.67. The summed E-state index contributed by atoms with van der Waals surface area (Å²) in [6, 6.07) is 8.17. The monoisotopic (exact) mass is 368 g/mol. The number of hydrogen-bond acceptors (Lipinski definition) is 5. The number of rotatable bonds is 4. The zero-order chi connectivity index (χ0) is 18.8. The fourth-order valence-corrected chi connectivity index (χ4v) is 3.30. The molecule has 0 aliphatic carbocycles. The fraction of sp³-hybridized carbons (Fsp3) is 0.300. The minimum Gasteiger partial charge on any atom is -0.493 e. The highest BCUT2D eigenvalue weighted by molar-refractivity contribution is 6.02. The number of anilines is 2. The van der Waals surface area contributed by atoms with Gasteiger partial charge in [0.2, 0.25) is 0 Å². The molecule has 140 valence electrons. The van der Waals surface area contributed by atoms with Gasteiger partial charge in [0.25, 0.3) is 0 Å². The van der Waals surface area contributed by atoms with Crippen molar-refractivity contribution >= 4 is 23.4 Å². The molecular formula is C20H20N2O5. The molecule has 4 rings (SSSR count). The highest BCUT2D eigenvalue weighted by Crippen LogP contribution is 2.44. The van der Waals surface area contributed by atoms with Crippen LogP contribution in [0.1, 0.15) is 28.4 Å². The number of amides is 2. The first-order valence-electron chi connectivity index (χ1n) is 8.95. The topological polar surface area (TPSA) is 85.9 Å². The number of esters is 1. The van der Waals surface area contributed by atoms with Crippen LogP contribution in [-0.2, 0) is 17.6 Å². The number of carbonyl (C=O) groups excluding carboxylic acids is 2. The first-order chi connectivity index (χ1) is 13.2. The Labute approximate surface area is 156 Å². The Morgan fingerprint density at radius 3 is 2.63 bits per heavy atom. The van der Waals surface area contributed by atoms with Crippen molar-refractivity contribution in [3.05, 3.63) is 47.0 Å². The van der Waals surface area contributed by atoms with Crippen molar-refractivity contribution in [2.24, 2.45) is 0 Å². The van der Waals surface area contributed by atoms with Crippen molar-refractivity contribution in [2.75, 3.05) is 30.5 Å². The molecule has 2 aromatic rings. The largest absolute Gasteiger partial charge is 0.493 e. The number of benzene rings is 2. The predicted molar refractivity (Wildman–Crippen MR) is 99.9 cm³/mol. The van der Waals surface area contributed by atoms with E-state index in [4.69, 9.17) is 14.2 Å². The molecule has 2 aliphatic rings. The average molecular weight is 368 g/mol. The van der Waals surface area contributed by atoms with Gasteiger partial charge in [-0.15, -0.1) is 0 Å². The maximum Gasteiger partial charge on any atom is 0.338 e. The normalized spacial score (nSPS) is 13.8. The molecule has 2 aromatic carbocycles. The van der Waals surface area contributed by atoms with Crippen LogP contribution in [0.5, 0.6) is 11.5 Å². The van der Waals surface area contributed by atoms with Gasteiger partial charge in [0.1, 0.15) is 11.5 Å². The Morgan fingerprint density at radius 2 is 1.85 bits per heavy atom. The van der Waals surface area contributed by atoms with Crippen LogP contribution >= 0.6 is 0 Å². The quantitative estimate of drug-likeness (QED) is 0.808. The number of fused-ring (bicyclic) bond motifs is 2. The van der Waals surface area contributed by atoms with E-state index in [9.17, 15) is 9.59 Å². The molecule has 0 saturated heterocycles. The van der Waals surface area contributed by atoms with Crippen LogP contribution < -0.4 is 20.1 Å². The summed E-state index contributed by atoms with van der Waals surface area (Å²) < 4.78 is 16.3. The average Bonchev–Trinajstić information content (AvgIpc) is 3.31. The number of ether oxygens (including phenoxy) is 3. The Balaban J connectivity index is 1.49. The summed E-state index contributed by atoms with van der Waals surface area (Å²) in [6.07, 6.45) is 1.54. The highest BCUT2D eigenvalue weighted by Gasteiger charge is 2.27. The van der Waals surface area contributed by atoms with Gasteiger partial charge >= 0.3 is 12.0 Å². The van der Waals surface area contributed by atoms with E-state index in [2.05, 4.69) is 10.6 Å². The Morgan fingerprint density at radius 1 is 1.07 bits per heavy atom. The highest BCUT2D eigenvalue weighted by atomic mass is 16.5. The molecule has 2 amide bonds.